The average Bonchev–Trinajstić information content (AvgIpc) is 2.94. The molecule has 4 rings (SSSR count). The van der Waals surface area contributed by atoms with E-state index in [9.17, 15) is 19.2 Å². The zero-order chi connectivity index (χ0) is 18.4. The van der Waals surface area contributed by atoms with E-state index in [-0.39, 0.29) is 18.7 Å². The maximum atomic E-state index is 13.0. The van der Waals surface area contributed by atoms with Crippen LogP contribution < -0.4 is 26.8 Å². The number of hydrogen-bond donors (Lipinski definition) is 3. The highest BCUT2D eigenvalue weighted by molar-refractivity contribution is 7.22. The number of aryl methyl sites for hydroxylation is 1. The molecule has 9 nitrogen and oxygen atoms in total. The summed E-state index contributed by atoms with van der Waals surface area (Å²) in [7, 11) is 0. The first-order valence-corrected chi connectivity index (χ1v) is 9.36. The van der Waals surface area contributed by atoms with E-state index in [2.05, 4.69) is 20.5 Å². The monoisotopic (exact) mass is 377 g/mol. The number of rotatable bonds is 2. The van der Waals surface area contributed by atoms with E-state index < -0.39 is 23.2 Å². The summed E-state index contributed by atoms with van der Waals surface area (Å²) >= 11 is 1.39. The van der Waals surface area contributed by atoms with Crippen LogP contribution in [-0.4, -0.2) is 47.5 Å². The van der Waals surface area contributed by atoms with E-state index in [4.69, 9.17) is 0 Å². The van der Waals surface area contributed by atoms with Gasteiger partial charge in [0.25, 0.3) is 5.56 Å². The van der Waals surface area contributed by atoms with E-state index >= 15 is 0 Å². The number of aromatic nitrogens is 2. The van der Waals surface area contributed by atoms with Crippen LogP contribution in [0.1, 0.15) is 24.4 Å². The molecule has 0 bridgehead atoms. The Bertz CT molecular complexity index is 1010. The fraction of sp³-hybridized carbons (Fsp3) is 0.500. The largest absolute Gasteiger partial charge is 0.361 e. The van der Waals surface area contributed by atoms with Crippen molar-refractivity contribution in [3.05, 3.63) is 26.4 Å². The summed E-state index contributed by atoms with van der Waals surface area (Å²) < 4.78 is 0.950. The smallest absolute Gasteiger partial charge is 0.330 e. The van der Waals surface area contributed by atoms with Gasteiger partial charge >= 0.3 is 5.69 Å². The van der Waals surface area contributed by atoms with Gasteiger partial charge in [-0.25, -0.2) is 9.36 Å². The number of carbonyl (C=O) groups is 2. The molecule has 26 heavy (non-hydrogen) atoms. The first-order valence-electron chi connectivity index (χ1n) is 8.54. The van der Waals surface area contributed by atoms with Crippen LogP contribution in [0.4, 0.5) is 5.00 Å². The molecule has 0 aliphatic carbocycles. The van der Waals surface area contributed by atoms with Gasteiger partial charge in [-0.1, -0.05) is 11.3 Å². The van der Waals surface area contributed by atoms with Gasteiger partial charge in [0.1, 0.15) is 10.9 Å². The minimum Gasteiger partial charge on any atom is -0.361 e. The number of fused-ring (bicyclic) bond motifs is 1. The topological polar surface area (TPSA) is 116 Å². The predicted octanol–water partition coefficient (Wildman–Crippen LogP) is -0.553. The molecular weight excluding hydrogens is 358 g/mol. The number of piperazine rings is 1. The Hall–Kier alpha value is -2.46. The third-order valence-corrected chi connectivity index (χ3v) is 6.19. The highest BCUT2D eigenvalue weighted by Crippen LogP contribution is 2.34. The van der Waals surface area contributed by atoms with E-state index in [0.717, 1.165) is 41.3 Å². The van der Waals surface area contributed by atoms with Gasteiger partial charge in [-0.2, -0.15) is 0 Å². The van der Waals surface area contributed by atoms with Crippen molar-refractivity contribution in [2.24, 2.45) is 0 Å². The number of thiophene rings is 1. The number of imide groups is 1. The van der Waals surface area contributed by atoms with Gasteiger partial charge in [0.15, 0.2) is 0 Å². The molecule has 2 fully saturated rings. The van der Waals surface area contributed by atoms with Crippen LogP contribution in [0.15, 0.2) is 9.59 Å². The van der Waals surface area contributed by atoms with Crippen LogP contribution in [0.5, 0.6) is 0 Å². The van der Waals surface area contributed by atoms with Crippen molar-refractivity contribution in [1.29, 1.82) is 0 Å². The first kappa shape index (κ1) is 17.0. The summed E-state index contributed by atoms with van der Waals surface area (Å²) in [5.74, 6) is -0.993. The second-order valence-electron chi connectivity index (χ2n) is 6.55. The normalized spacial score (nSPS) is 21.3. The molecule has 3 N–H and O–H groups in total. The minimum absolute atomic E-state index is 0.106. The molecule has 2 aliphatic heterocycles. The zero-order valence-electron chi connectivity index (χ0n) is 14.3. The molecule has 2 amide bonds. The molecule has 138 valence electrons. The summed E-state index contributed by atoms with van der Waals surface area (Å²) in [5, 5.41) is 6.89. The van der Waals surface area contributed by atoms with Crippen molar-refractivity contribution in [3.63, 3.8) is 0 Å². The van der Waals surface area contributed by atoms with Crippen LogP contribution in [0.25, 0.3) is 10.2 Å². The van der Waals surface area contributed by atoms with Gasteiger partial charge in [-0.15, -0.1) is 0 Å². The Morgan fingerprint density at radius 3 is 2.54 bits per heavy atom. The van der Waals surface area contributed by atoms with Gasteiger partial charge < -0.3 is 10.2 Å². The summed E-state index contributed by atoms with van der Waals surface area (Å²) in [6, 6.07) is -0.963. The number of nitrogens with zero attached hydrogens (tertiary/aromatic N) is 2. The molecule has 2 aromatic heterocycles. The Kier molecular flexibility index (Phi) is 4.16. The molecule has 4 heterocycles. The first-order chi connectivity index (χ1) is 12.5. The van der Waals surface area contributed by atoms with Crippen molar-refractivity contribution < 1.29 is 9.59 Å². The van der Waals surface area contributed by atoms with Crippen molar-refractivity contribution in [3.8, 4) is 0 Å². The highest BCUT2D eigenvalue weighted by Gasteiger charge is 2.31. The van der Waals surface area contributed by atoms with Gasteiger partial charge in [-0.05, 0) is 18.9 Å². The van der Waals surface area contributed by atoms with Crippen LogP contribution in [0, 0.1) is 6.92 Å². The van der Waals surface area contributed by atoms with E-state index in [0.29, 0.717) is 10.2 Å². The molecule has 1 atom stereocenters. The van der Waals surface area contributed by atoms with Gasteiger partial charge in [-0.3, -0.25) is 24.7 Å². The maximum Gasteiger partial charge on any atom is 0.330 e. The molecule has 0 aromatic carbocycles. The fourth-order valence-electron chi connectivity index (χ4n) is 3.60. The van der Waals surface area contributed by atoms with Crippen molar-refractivity contribution >= 4 is 38.4 Å². The second kappa shape index (κ2) is 6.36. The zero-order valence-corrected chi connectivity index (χ0v) is 15.1. The third kappa shape index (κ3) is 2.65. The molecule has 1 unspecified atom stereocenters. The van der Waals surface area contributed by atoms with Gasteiger partial charge in [0, 0.05) is 32.6 Å². The number of H-pyrrole nitrogens is 1. The molecule has 0 spiro atoms. The number of piperidine rings is 1. The lowest BCUT2D eigenvalue weighted by molar-refractivity contribution is -0.135. The van der Waals surface area contributed by atoms with Crippen LogP contribution >= 0.6 is 11.3 Å². The standard InChI is InChI=1S/C16H19N5O4S/c1-8-11-13(26-15(8)20-6-4-17-5-7-20)19-16(25)21(14(11)24)9-2-3-10(22)18-12(9)23/h9,17H,2-7H2,1H3,(H,19,25)(H,18,22,23). The lowest BCUT2D eigenvalue weighted by atomic mass is 10.1. The third-order valence-electron chi connectivity index (χ3n) is 4.92. The Morgan fingerprint density at radius 2 is 1.85 bits per heavy atom. The van der Waals surface area contributed by atoms with E-state index in [1.165, 1.54) is 11.3 Å². The summed E-state index contributed by atoms with van der Waals surface area (Å²) in [6.45, 7) is 5.26. The average molecular weight is 377 g/mol. The molecule has 2 aliphatic rings. The SMILES string of the molecule is Cc1c(N2CCNCC2)sc2[nH]c(=O)n(C3CCC(=O)NC3=O)c(=O)c12. The summed E-state index contributed by atoms with van der Waals surface area (Å²) in [4.78, 5) is 54.5. The predicted molar refractivity (Wildman–Crippen MR) is 97.9 cm³/mol. The van der Waals surface area contributed by atoms with Crippen molar-refractivity contribution in [1.82, 2.24) is 20.2 Å². The van der Waals surface area contributed by atoms with Gasteiger partial charge in [0.05, 0.1) is 10.4 Å². The van der Waals surface area contributed by atoms with Crippen LogP contribution in [0.2, 0.25) is 0 Å². The Labute approximate surface area is 152 Å². The lowest BCUT2D eigenvalue weighted by Crippen LogP contribution is -2.48. The molecule has 0 radical (unpaired) electrons. The fourth-order valence-corrected chi connectivity index (χ4v) is 4.84. The number of anilines is 1. The molecule has 2 aromatic rings. The highest BCUT2D eigenvalue weighted by atomic mass is 32.1. The molecule has 2 saturated heterocycles. The minimum atomic E-state index is -0.963. The maximum absolute atomic E-state index is 13.0. The number of amides is 2. The van der Waals surface area contributed by atoms with Crippen LogP contribution in [-0.2, 0) is 9.59 Å². The van der Waals surface area contributed by atoms with E-state index in [1.807, 2.05) is 6.92 Å². The number of aromatic amines is 1. The Balaban J connectivity index is 1.85. The second-order valence-corrected chi connectivity index (χ2v) is 7.54. The Morgan fingerprint density at radius 1 is 1.12 bits per heavy atom. The van der Waals surface area contributed by atoms with Crippen molar-refractivity contribution in [2.75, 3.05) is 31.1 Å². The van der Waals surface area contributed by atoms with Crippen LogP contribution in [0.3, 0.4) is 0 Å². The van der Waals surface area contributed by atoms with Crippen molar-refractivity contribution in [2.45, 2.75) is 25.8 Å². The molecular formula is C16H19N5O4S. The van der Waals surface area contributed by atoms with Gasteiger partial charge in [0.2, 0.25) is 11.8 Å². The number of hydrogen-bond acceptors (Lipinski definition) is 7. The molecule has 0 saturated carbocycles. The van der Waals surface area contributed by atoms with E-state index in [1.54, 1.807) is 0 Å². The number of nitrogens with one attached hydrogen (secondary N) is 3. The number of carbonyl (C=O) groups excluding carboxylic acids is 2. The molecule has 10 heteroatoms. The quantitative estimate of drug-likeness (QED) is 0.605. The summed E-state index contributed by atoms with van der Waals surface area (Å²) in [6.07, 6.45) is 0.252. The lowest BCUT2D eigenvalue weighted by Gasteiger charge is -2.28. The summed E-state index contributed by atoms with van der Waals surface area (Å²) in [5.41, 5.74) is -0.285.